The minimum Gasteiger partial charge on any atom is -0.467 e. The smallest absolute Gasteiger partial charge is 0.253 e. The van der Waals surface area contributed by atoms with Gasteiger partial charge in [0.1, 0.15) is 5.76 Å². The Labute approximate surface area is 196 Å². The molecule has 1 aliphatic rings. The van der Waals surface area contributed by atoms with Crippen molar-refractivity contribution in [3.05, 3.63) is 89.9 Å². The Kier molecular flexibility index (Phi) is 6.08. The van der Waals surface area contributed by atoms with E-state index in [1.54, 1.807) is 11.3 Å². The third kappa shape index (κ3) is 4.75. The Hall–Kier alpha value is -3.65. The van der Waals surface area contributed by atoms with E-state index in [-0.39, 0.29) is 11.7 Å². The lowest BCUT2D eigenvalue weighted by Crippen LogP contribution is -2.25. The van der Waals surface area contributed by atoms with Crippen LogP contribution in [-0.2, 0) is 11.3 Å². The van der Waals surface area contributed by atoms with Gasteiger partial charge in [0, 0.05) is 12.0 Å². The van der Waals surface area contributed by atoms with Crippen LogP contribution in [0.1, 0.15) is 23.3 Å². The maximum Gasteiger partial charge on any atom is 0.253 e. The van der Waals surface area contributed by atoms with Crippen LogP contribution in [0.25, 0.3) is 11.4 Å². The normalized spacial score (nSPS) is 13.4. The number of furan rings is 1. The fraction of sp³-hybridized carbons (Fsp3) is 0.200. The van der Waals surface area contributed by atoms with Crippen molar-refractivity contribution in [2.45, 2.75) is 25.0 Å². The quantitative estimate of drug-likeness (QED) is 0.379. The van der Waals surface area contributed by atoms with Crippen LogP contribution < -0.4 is 0 Å². The lowest BCUT2D eigenvalue weighted by molar-refractivity contribution is -0.127. The summed E-state index contributed by atoms with van der Waals surface area (Å²) in [7, 11) is 0. The van der Waals surface area contributed by atoms with Crippen molar-refractivity contribution in [2.75, 3.05) is 12.3 Å². The lowest BCUT2D eigenvalue weighted by atomic mass is 10.1. The van der Waals surface area contributed by atoms with Gasteiger partial charge in [0.25, 0.3) is 5.91 Å². The molecule has 4 aromatic rings. The minimum atomic E-state index is -0.0458. The van der Waals surface area contributed by atoms with Crippen molar-refractivity contribution >= 4 is 23.4 Å². The van der Waals surface area contributed by atoms with Crippen LogP contribution in [0.4, 0.5) is 0 Å². The predicted octanol–water partition coefficient (Wildman–Crippen LogP) is 4.62. The molecule has 33 heavy (non-hydrogen) atoms. The molecule has 0 fully saturated rings. The fourth-order valence-electron chi connectivity index (χ4n) is 3.77. The van der Waals surface area contributed by atoms with Gasteiger partial charge >= 0.3 is 0 Å². The van der Waals surface area contributed by atoms with E-state index in [0.29, 0.717) is 18.2 Å². The number of thioether (sulfide) groups is 1. The summed E-state index contributed by atoms with van der Waals surface area (Å²) in [5, 5.41) is 15.6. The maximum absolute atomic E-state index is 12.9. The van der Waals surface area contributed by atoms with Crippen molar-refractivity contribution in [3.63, 3.8) is 0 Å². The molecule has 1 amide bonds. The van der Waals surface area contributed by atoms with Gasteiger partial charge in [-0.2, -0.15) is 5.10 Å². The number of hydrogen-bond acceptors (Lipinski definition) is 6. The third-order valence-corrected chi connectivity index (χ3v) is 6.36. The Morgan fingerprint density at radius 2 is 1.88 bits per heavy atom. The molecule has 2 aromatic carbocycles. The zero-order chi connectivity index (χ0) is 22.6. The second-order valence-corrected chi connectivity index (χ2v) is 8.75. The Bertz CT molecular complexity index is 1280. The molecule has 0 saturated carbocycles. The summed E-state index contributed by atoms with van der Waals surface area (Å²) >= 11 is 1.37. The van der Waals surface area contributed by atoms with Gasteiger partial charge in [0.15, 0.2) is 11.0 Å². The number of amides is 1. The topological polar surface area (TPSA) is 76.5 Å². The second-order valence-electron chi connectivity index (χ2n) is 7.81. The van der Waals surface area contributed by atoms with E-state index in [9.17, 15) is 4.79 Å². The zero-order valence-electron chi connectivity index (χ0n) is 18.2. The van der Waals surface area contributed by atoms with Gasteiger partial charge in [-0.15, -0.1) is 10.2 Å². The van der Waals surface area contributed by atoms with Gasteiger partial charge in [-0.3, -0.25) is 9.36 Å². The first-order chi connectivity index (χ1) is 16.2. The van der Waals surface area contributed by atoms with Gasteiger partial charge in [-0.25, -0.2) is 5.01 Å². The van der Waals surface area contributed by atoms with Crippen LogP contribution in [0.2, 0.25) is 0 Å². The highest BCUT2D eigenvalue weighted by atomic mass is 32.2. The average Bonchev–Trinajstić information content (AvgIpc) is 3.60. The molecule has 0 aliphatic carbocycles. The zero-order valence-corrected chi connectivity index (χ0v) is 19.0. The summed E-state index contributed by atoms with van der Waals surface area (Å²) in [6, 6.07) is 21.9. The molecule has 3 heterocycles. The van der Waals surface area contributed by atoms with Crippen LogP contribution in [0, 0.1) is 6.92 Å². The third-order valence-electron chi connectivity index (χ3n) is 5.41. The molecule has 1 aliphatic heterocycles. The monoisotopic (exact) mass is 457 g/mol. The van der Waals surface area contributed by atoms with E-state index in [1.807, 2.05) is 72.2 Å². The number of aromatic nitrogens is 3. The number of benzene rings is 2. The molecular weight excluding hydrogens is 434 g/mol. The van der Waals surface area contributed by atoms with Gasteiger partial charge in [-0.1, -0.05) is 65.9 Å². The number of nitrogens with zero attached hydrogens (tertiary/aromatic N) is 5. The van der Waals surface area contributed by atoms with Crippen molar-refractivity contribution in [2.24, 2.45) is 5.10 Å². The molecule has 0 unspecified atom stereocenters. The summed E-state index contributed by atoms with van der Waals surface area (Å²) in [4.78, 5) is 12.9. The van der Waals surface area contributed by atoms with Crippen LogP contribution in [0.15, 0.2) is 87.7 Å². The Morgan fingerprint density at radius 3 is 2.67 bits per heavy atom. The van der Waals surface area contributed by atoms with Crippen molar-refractivity contribution in [3.8, 4) is 11.4 Å². The molecule has 0 radical (unpaired) electrons. The summed E-state index contributed by atoms with van der Waals surface area (Å²) in [6.07, 6.45) is 2.41. The van der Waals surface area contributed by atoms with E-state index in [4.69, 9.17) is 4.42 Å². The van der Waals surface area contributed by atoms with Crippen LogP contribution in [0.5, 0.6) is 0 Å². The van der Waals surface area contributed by atoms with Crippen molar-refractivity contribution in [1.29, 1.82) is 0 Å². The largest absolute Gasteiger partial charge is 0.467 e. The number of rotatable bonds is 7. The molecule has 8 heteroatoms. The Balaban J connectivity index is 1.34. The van der Waals surface area contributed by atoms with Crippen molar-refractivity contribution < 1.29 is 9.21 Å². The van der Waals surface area contributed by atoms with E-state index in [2.05, 4.69) is 21.4 Å². The molecule has 5 rings (SSSR count). The molecular formula is C25H23N5O2S. The number of hydrogen-bond donors (Lipinski definition) is 0. The summed E-state index contributed by atoms with van der Waals surface area (Å²) in [6.45, 7) is 3.13. The second kappa shape index (κ2) is 9.46. The highest BCUT2D eigenvalue weighted by Crippen LogP contribution is 2.26. The highest BCUT2D eigenvalue weighted by Gasteiger charge is 2.23. The summed E-state index contributed by atoms with van der Waals surface area (Å²) < 4.78 is 7.55. The number of carbonyl (C=O) groups is 1. The standard InChI is InChI=1S/C25H23N5O2S/c1-18-7-5-10-20(15-18)24-26-27-25(29(24)16-21-11-6-14-32-21)33-17-23(31)30-13-12-22(28-30)19-8-3-2-4-9-19/h2-11,14-15H,12-13,16-17H2,1H3. The van der Waals surface area contributed by atoms with Gasteiger partial charge in [0.2, 0.25) is 0 Å². The van der Waals surface area contributed by atoms with Gasteiger partial charge in [-0.05, 0) is 30.7 Å². The first kappa shape index (κ1) is 21.2. The van der Waals surface area contributed by atoms with E-state index in [1.165, 1.54) is 11.8 Å². The maximum atomic E-state index is 12.9. The first-order valence-corrected chi connectivity index (χ1v) is 11.7. The molecule has 166 valence electrons. The van der Waals surface area contributed by atoms with Crippen LogP contribution in [0.3, 0.4) is 0 Å². The van der Waals surface area contributed by atoms with Gasteiger partial charge < -0.3 is 4.42 Å². The molecule has 0 bridgehead atoms. The van der Waals surface area contributed by atoms with Crippen molar-refractivity contribution in [1.82, 2.24) is 19.8 Å². The SMILES string of the molecule is Cc1cccc(-c2nnc(SCC(=O)N3CCC(c4ccccc4)=N3)n2Cc2ccco2)c1. The molecule has 0 atom stereocenters. The van der Waals surface area contributed by atoms with Gasteiger partial charge in [0.05, 0.1) is 30.8 Å². The molecule has 0 spiro atoms. The molecule has 0 saturated heterocycles. The number of carbonyl (C=O) groups excluding carboxylic acids is 1. The minimum absolute atomic E-state index is 0.0458. The molecule has 0 N–H and O–H groups in total. The lowest BCUT2D eigenvalue weighted by Gasteiger charge is -2.12. The van der Waals surface area contributed by atoms with E-state index in [0.717, 1.165) is 40.4 Å². The first-order valence-electron chi connectivity index (χ1n) is 10.8. The highest BCUT2D eigenvalue weighted by molar-refractivity contribution is 7.99. The van der Waals surface area contributed by atoms with Crippen LogP contribution >= 0.6 is 11.8 Å². The van der Waals surface area contributed by atoms with E-state index < -0.39 is 0 Å². The number of aryl methyl sites for hydroxylation is 1. The summed E-state index contributed by atoms with van der Waals surface area (Å²) in [5.41, 5.74) is 4.12. The molecule has 2 aromatic heterocycles. The van der Waals surface area contributed by atoms with E-state index >= 15 is 0 Å². The molecule has 7 nitrogen and oxygen atoms in total. The Morgan fingerprint density at radius 1 is 1.03 bits per heavy atom. The fourth-order valence-corrected chi connectivity index (χ4v) is 4.57. The summed E-state index contributed by atoms with van der Waals surface area (Å²) in [5.74, 6) is 1.73. The predicted molar refractivity (Wildman–Crippen MR) is 128 cm³/mol. The average molecular weight is 458 g/mol. The number of hydrazone groups is 1. The van der Waals surface area contributed by atoms with Crippen LogP contribution in [-0.4, -0.2) is 43.7 Å².